The van der Waals surface area contributed by atoms with Crippen molar-refractivity contribution in [2.45, 2.75) is 90.7 Å². The fourth-order valence-electron chi connectivity index (χ4n) is 8.69. The normalized spacial score (nSPS) is 35.8. The number of ketones is 1. The molecule has 4 aliphatic carbocycles. The molecule has 8 atom stereocenters. The van der Waals surface area contributed by atoms with Gasteiger partial charge in [0.05, 0.1) is 0 Å². The number of rotatable bonds is 8. The minimum Gasteiger partial charge on any atom is -0.462 e. The number of allylic oxidation sites excluding steroid dienone is 2. The Morgan fingerprint density at radius 3 is 2.73 bits per heavy atom. The van der Waals surface area contributed by atoms with E-state index in [1.807, 2.05) is 30.4 Å². The highest BCUT2D eigenvalue weighted by Crippen LogP contribution is 2.67. The number of pyridine rings is 1. The van der Waals surface area contributed by atoms with Gasteiger partial charge < -0.3 is 15.2 Å². The van der Waals surface area contributed by atoms with Crippen molar-refractivity contribution in [1.29, 1.82) is 0 Å². The lowest BCUT2D eigenvalue weighted by Gasteiger charge is -2.60. The Morgan fingerprint density at radius 2 is 1.98 bits per heavy atom. The second-order valence-electron chi connectivity index (χ2n) is 13.0. The zero-order valence-corrected chi connectivity index (χ0v) is 24.1. The number of carbonyl (C=O) groups is 3. The largest absolute Gasteiger partial charge is 0.462 e. The summed E-state index contributed by atoms with van der Waals surface area (Å²) >= 11 is 0. The highest BCUT2D eigenvalue weighted by Gasteiger charge is 2.61. The van der Waals surface area contributed by atoms with E-state index in [9.17, 15) is 14.4 Å². The molecule has 7 heteroatoms. The smallest absolute Gasteiger partial charge is 0.323 e. The van der Waals surface area contributed by atoms with E-state index in [-0.39, 0.29) is 35.3 Å². The van der Waals surface area contributed by atoms with E-state index >= 15 is 0 Å². The first-order valence-corrected chi connectivity index (χ1v) is 15.0. The molecular formula is C33H44N2O5. The van der Waals surface area contributed by atoms with Crippen molar-refractivity contribution in [3.05, 3.63) is 53.9 Å². The van der Waals surface area contributed by atoms with Crippen LogP contribution in [0.15, 0.2) is 48.2 Å². The van der Waals surface area contributed by atoms with Gasteiger partial charge in [-0.15, -0.1) is 0 Å². The van der Waals surface area contributed by atoms with Gasteiger partial charge in [-0.05, 0) is 92.2 Å². The van der Waals surface area contributed by atoms with E-state index in [2.05, 4.69) is 24.9 Å². The summed E-state index contributed by atoms with van der Waals surface area (Å²) in [4.78, 5) is 41.0. The lowest BCUT2D eigenvalue weighted by Crippen LogP contribution is -2.54. The quantitative estimate of drug-likeness (QED) is 0.354. The molecule has 0 bridgehead atoms. The Bertz CT molecular complexity index is 1180. The molecule has 1 aromatic rings. The second kappa shape index (κ2) is 11.6. The van der Waals surface area contributed by atoms with Crippen molar-refractivity contribution < 1.29 is 23.9 Å². The third-order valence-corrected chi connectivity index (χ3v) is 10.7. The van der Waals surface area contributed by atoms with Gasteiger partial charge in [0.1, 0.15) is 18.8 Å². The Labute approximate surface area is 238 Å². The van der Waals surface area contributed by atoms with Gasteiger partial charge in [-0.25, -0.2) is 0 Å². The number of ether oxygens (including phenoxy) is 2. The molecule has 1 heterocycles. The van der Waals surface area contributed by atoms with E-state index in [0.29, 0.717) is 36.5 Å². The molecule has 0 aromatic carbocycles. The van der Waals surface area contributed by atoms with Crippen LogP contribution in [0.5, 0.6) is 0 Å². The molecule has 0 saturated heterocycles. The molecule has 216 valence electrons. The third-order valence-electron chi connectivity index (χ3n) is 10.7. The number of aromatic nitrogens is 1. The fraction of sp³-hybridized carbons (Fsp3) is 0.636. The summed E-state index contributed by atoms with van der Waals surface area (Å²) in [5.74, 6) is 1.56. The van der Waals surface area contributed by atoms with Gasteiger partial charge in [0.15, 0.2) is 5.78 Å². The van der Waals surface area contributed by atoms with Crippen LogP contribution >= 0.6 is 0 Å². The van der Waals surface area contributed by atoms with Gasteiger partial charge in [0.2, 0.25) is 0 Å². The topological polar surface area (TPSA) is 109 Å². The van der Waals surface area contributed by atoms with Crippen LogP contribution in [0, 0.1) is 34.5 Å². The van der Waals surface area contributed by atoms with Crippen LogP contribution in [-0.2, 0) is 30.3 Å². The van der Waals surface area contributed by atoms with Gasteiger partial charge >= 0.3 is 11.9 Å². The molecule has 0 spiro atoms. The van der Waals surface area contributed by atoms with Gasteiger partial charge in [-0.2, -0.15) is 0 Å². The monoisotopic (exact) mass is 548 g/mol. The van der Waals surface area contributed by atoms with Crippen LogP contribution in [0.4, 0.5) is 0 Å². The van der Waals surface area contributed by atoms with Crippen molar-refractivity contribution in [2.24, 2.45) is 40.2 Å². The Kier molecular flexibility index (Phi) is 8.32. The third kappa shape index (κ3) is 5.54. The van der Waals surface area contributed by atoms with Crippen LogP contribution in [-0.4, -0.2) is 41.5 Å². The number of nitrogens with zero attached hydrogens (tertiary/aromatic N) is 1. The molecule has 1 aromatic heterocycles. The lowest BCUT2D eigenvalue weighted by molar-refractivity contribution is -0.158. The number of hydrogen-bond acceptors (Lipinski definition) is 7. The highest BCUT2D eigenvalue weighted by atomic mass is 16.5. The summed E-state index contributed by atoms with van der Waals surface area (Å²) < 4.78 is 11.3. The number of nitrogens with two attached hydrogens (primary N) is 1. The first-order valence-electron chi connectivity index (χ1n) is 15.0. The van der Waals surface area contributed by atoms with Crippen molar-refractivity contribution >= 4 is 17.7 Å². The Hall–Kier alpha value is -2.80. The standard InChI is InChI=1S/C33H44N2O5/c1-21(36)40-29-11-10-26-30-22(8-5-7-17-39-31(38)28(34)20-24-9-4-6-16-35-24)18-23-19-25(37)12-14-32(23,2)27(30)13-15-33(26,29)3/h4-7,9,16,19,22,26-30H,8,10-15,17-18,20,34H2,1-3H3/b7-5+/t22-,26+,27+,28+,29+,30+,32+,33+/m1/s1. The molecule has 0 aliphatic heterocycles. The van der Waals surface area contributed by atoms with Crippen LogP contribution in [0.1, 0.15) is 77.8 Å². The zero-order chi connectivity index (χ0) is 28.5. The molecule has 0 amide bonds. The Balaban J connectivity index is 1.27. The zero-order valence-electron chi connectivity index (χ0n) is 24.1. The van der Waals surface area contributed by atoms with Crippen LogP contribution in [0.25, 0.3) is 0 Å². The maximum atomic E-state index is 12.4. The van der Waals surface area contributed by atoms with Crippen molar-refractivity contribution in [1.82, 2.24) is 4.98 Å². The predicted molar refractivity (Wildman–Crippen MR) is 152 cm³/mol. The van der Waals surface area contributed by atoms with Gasteiger partial charge in [0, 0.05) is 37.1 Å². The van der Waals surface area contributed by atoms with Gasteiger partial charge in [-0.1, -0.05) is 37.6 Å². The fourth-order valence-corrected chi connectivity index (χ4v) is 8.69. The van der Waals surface area contributed by atoms with E-state index in [1.54, 1.807) is 6.20 Å². The summed E-state index contributed by atoms with van der Waals surface area (Å²) in [7, 11) is 0. The van der Waals surface area contributed by atoms with Crippen LogP contribution in [0.2, 0.25) is 0 Å². The first kappa shape index (κ1) is 28.7. The maximum Gasteiger partial charge on any atom is 0.323 e. The molecule has 2 N–H and O–H groups in total. The van der Waals surface area contributed by atoms with Crippen molar-refractivity contribution in [3.8, 4) is 0 Å². The van der Waals surface area contributed by atoms with Crippen LogP contribution in [0.3, 0.4) is 0 Å². The number of carbonyl (C=O) groups excluding carboxylic acids is 3. The number of fused-ring (bicyclic) bond motifs is 5. The molecule has 4 aliphatic rings. The van der Waals surface area contributed by atoms with Gasteiger partial charge in [0.25, 0.3) is 0 Å². The molecule has 7 nitrogen and oxygen atoms in total. The minimum atomic E-state index is -0.747. The lowest BCUT2D eigenvalue weighted by atomic mass is 9.44. The number of esters is 2. The van der Waals surface area contributed by atoms with Crippen molar-refractivity contribution in [2.75, 3.05) is 6.61 Å². The summed E-state index contributed by atoms with van der Waals surface area (Å²) in [5.41, 5.74) is 8.19. The molecule has 0 unspecified atom stereocenters. The molecule has 3 fully saturated rings. The summed E-state index contributed by atoms with van der Waals surface area (Å²) in [5, 5.41) is 0. The van der Waals surface area contributed by atoms with E-state index in [4.69, 9.17) is 15.2 Å². The average molecular weight is 549 g/mol. The first-order chi connectivity index (χ1) is 19.1. The molecule has 5 rings (SSSR count). The summed E-state index contributed by atoms with van der Waals surface area (Å²) in [6.07, 6.45) is 15.6. The molecular weight excluding hydrogens is 504 g/mol. The van der Waals surface area contributed by atoms with E-state index in [0.717, 1.165) is 50.6 Å². The summed E-state index contributed by atoms with van der Waals surface area (Å²) in [6.45, 7) is 6.44. The van der Waals surface area contributed by atoms with Gasteiger partial charge in [-0.3, -0.25) is 19.4 Å². The Morgan fingerprint density at radius 1 is 1.15 bits per heavy atom. The molecule has 0 radical (unpaired) electrons. The number of hydrogen-bond donors (Lipinski definition) is 1. The predicted octanol–water partition coefficient (Wildman–Crippen LogP) is 5.13. The van der Waals surface area contributed by atoms with Crippen molar-refractivity contribution in [3.63, 3.8) is 0 Å². The molecule has 3 saturated carbocycles. The average Bonchev–Trinajstić information content (AvgIpc) is 3.25. The molecule has 40 heavy (non-hydrogen) atoms. The maximum absolute atomic E-state index is 12.4. The summed E-state index contributed by atoms with van der Waals surface area (Å²) in [6, 6.07) is 4.80. The SMILES string of the molecule is CC(=O)O[C@H]1CC[C@H]2[C@@H]3[C@H](C/C=C/COC(=O)[C@@H](N)Cc4ccccn4)CC4=CC(=O)CC[C@]4(C)[C@H]3CC[C@]12C. The second-order valence-corrected chi connectivity index (χ2v) is 13.0. The van der Waals surface area contributed by atoms with E-state index < -0.39 is 12.0 Å². The van der Waals surface area contributed by atoms with E-state index in [1.165, 1.54) is 12.5 Å². The minimum absolute atomic E-state index is 0.00383. The highest BCUT2D eigenvalue weighted by molar-refractivity contribution is 5.91. The van der Waals surface area contributed by atoms with Crippen LogP contribution < -0.4 is 5.73 Å².